The van der Waals surface area contributed by atoms with Crippen LogP contribution in [0.15, 0.2) is 35.2 Å². The molecule has 0 saturated heterocycles. The van der Waals surface area contributed by atoms with Gasteiger partial charge < -0.3 is 0 Å². The van der Waals surface area contributed by atoms with Gasteiger partial charge in [0.1, 0.15) is 0 Å². The second kappa shape index (κ2) is 6.57. The molecule has 0 N–H and O–H groups in total. The Balaban J connectivity index is 1.93. The predicted molar refractivity (Wildman–Crippen MR) is 77.1 cm³/mol. The number of thiol groups is 1. The summed E-state index contributed by atoms with van der Waals surface area (Å²) in [6.45, 7) is 0. The summed E-state index contributed by atoms with van der Waals surface area (Å²) in [5.41, 5.74) is 1.13. The van der Waals surface area contributed by atoms with Gasteiger partial charge in [0.2, 0.25) is 0 Å². The number of benzene rings is 1. The standard InChI is InChI=1S/C16H18S/c17-16-13-7-6-12-15(16)11-5-4-10-14-8-2-1-3-9-14/h5-7,11-14,17H,1-3,8-9H2/b11-5-. The van der Waals surface area contributed by atoms with Gasteiger partial charge in [-0.3, -0.25) is 0 Å². The van der Waals surface area contributed by atoms with Crippen LogP contribution in [0.4, 0.5) is 0 Å². The highest BCUT2D eigenvalue weighted by molar-refractivity contribution is 7.80. The molecule has 1 aliphatic carbocycles. The smallest absolute Gasteiger partial charge is 0.0206 e. The largest absolute Gasteiger partial charge is 0.143 e. The van der Waals surface area contributed by atoms with Crippen LogP contribution in [0.25, 0.3) is 6.08 Å². The van der Waals surface area contributed by atoms with Gasteiger partial charge in [0.05, 0.1) is 0 Å². The van der Waals surface area contributed by atoms with Crippen LogP contribution in [0.2, 0.25) is 0 Å². The average Bonchev–Trinajstić information content (AvgIpc) is 2.38. The van der Waals surface area contributed by atoms with Crippen molar-refractivity contribution in [3.8, 4) is 11.8 Å². The normalized spacial score (nSPS) is 16.8. The van der Waals surface area contributed by atoms with E-state index in [0.29, 0.717) is 5.92 Å². The first-order valence-electron chi connectivity index (χ1n) is 6.32. The molecule has 1 saturated carbocycles. The van der Waals surface area contributed by atoms with E-state index in [1.54, 1.807) is 0 Å². The zero-order valence-corrected chi connectivity index (χ0v) is 10.9. The quantitative estimate of drug-likeness (QED) is 0.541. The maximum atomic E-state index is 4.40. The molecule has 1 fully saturated rings. The third kappa shape index (κ3) is 3.98. The Morgan fingerprint density at radius 3 is 2.65 bits per heavy atom. The van der Waals surface area contributed by atoms with E-state index in [1.165, 1.54) is 32.1 Å². The number of hydrogen-bond acceptors (Lipinski definition) is 1. The van der Waals surface area contributed by atoms with E-state index in [4.69, 9.17) is 0 Å². The molecule has 1 aromatic rings. The zero-order valence-electron chi connectivity index (χ0n) is 10.0. The van der Waals surface area contributed by atoms with Crippen LogP contribution < -0.4 is 0 Å². The minimum absolute atomic E-state index is 0.625. The molecule has 1 heteroatoms. The van der Waals surface area contributed by atoms with Crippen LogP contribution in [0.3, 0.4) is 0 Å². The van der Waals surface area contributed by atoms with Crippen molar-refractivity contribution in [2.45, 2.75) is 37.0 Å². The van der Waals surface area contributed by atoms with Gasteiger partial charge in [-0.25, -0.2) is 0 Å². The van der Waals surface area contributed by atoms with E-state index < -0.39 is 0 Å². The third-order valence-electron chi connectivity index (χ3n) is 3.18. The molecule has 17 heavy (non-hydrogen) atoms. The van der Waals surface area contributed by atoms with Gasteiger partial charge in [-0.15, -0.1) is 12.6 Å². The Morgan fingerprint density at radius 1 is 1.12 bits per heavy atom. The summed E-state index contributed by atoms with van der Waals surface area (Å²) in [4.78, 5) is 1.00. The Labute approximate surface area is 110 Å². The lowest BCUT2D eigenvalue weighted by molar-refractivity contribution is 0.430. The van der Waals surface area contributed by atoms with Crippen molar-refractivity contribution in [1.82, 2.24) is 0 Å². The lowest BCUT2D eigenvalue weighted by Gasteiger charge is -2.15. The minimum atomic E-state index is 0.625. The molecule has 0 aliphatic heterocycles. The van der Waals surface area contributed by atoms with Crippen molar-refractivity contribution in [2.75, 3.05) is 0 Å². The minimum Gasteiger partial charge on any atom is -0.143 e. The lowest BCUT2D eigenvalue weighted by Crippen LogP contribution is -2.02. The van der Waals surface area contributed by atoms with E-state index in [9.17, 15) is 0 Å². The zero-order chi connectivity index (χ0) is 11.9. The Hall–Kier alpha value is -1.13. The summed E-state index contributed by atoms with van der Waals surface area (Å²) in [5.74, 6) is 7.14. The van der Waals surface area contributed by atoms with Crippen LogP contribution in [0, 0.1) is 17.8 Å². The van der Waals surface area contributed by atoms with Crippen molar-refractivity contribution in [3.05, 3.63) is 35.9 Å². The Kier molecular flexibility index (Phi) is 4.76. The molecule has 1 aliphatic rings. The fourth-order valence-corrected chi connectivity index (χ4v) is 2.41. The van der Waals surface area contributed by atoms with Crippen LogP contribution in [0.5, 0.6) is 0 Å². The molecule has 2 rings (SSSR count). The van der Waals surface area contributed by atoms with Gasteiger partial charge in [0, 0.05) is 10.8 Å². The summed E-state index contributed by atoms with van der Waals surface area (Å²) in [6.07, 6.45) is 10.6. The maximum Gasteiger partial charge on any atom is 0.0206 e. The topological polar surface area (TPSA) is 0 Å². The van der Waals surface area contributed by atoms with Gasteiger partial charge >= 0.3 is 0 Å². The molecule has 0 unspecified atom stereocenters. The van der Waals surface area contributed by atoms with Crippen LogP contribution >= 0.6 is 12.6 Å². The van der Waals surface area contributed by atoms with Gasteiger partial charge in [0.15, 0.2) is 0 Å². The van der Waals surface area contributed by atoms with Crippen molar-refractivity contribution in [2.24, 2.45) is 5.92 Å². The summed E-state index contributed by atoms with van der Waals surface area (Å²) in [5, 5.41) is 0. The first kappa shape index (κ1) is 12.3. The molecular formula is C16H18S. The molecule has 0 bridgehead atoms. The Morgan fingerprint density at radius 2 is 1.88 bits per heavy atom. The Bertz CT molecular complexity index is 442. The van der Waals surface area contributed by atoms with E-state index in [0.717, 1.165) is 10.5 Å². The van der Waals surface area contributed by atoms with Gasteiger partial charge in [-0.05, 0) is 36.6 Å². The predicted octanol–water partition coefficient (Wildman–Crippen LogP) is 4.57. The summed E-state index contributed by atoms with van der Waals surface area (Å²) < 4.78 is 0. The third-order valence-corrected chi connectivity index (χ3v) is 3.58. The van der Waals surface area contributed by atoms with Crippen molar-refractivity contribution >= 4 is 18.7 Å². The van der Waals surface area contributed by atoms with E-state index in [-0.39, 0.29) is 0 Å². The molecule has 0 atom stereocenters. The average molecular weight is 242 g/mol. The van der Waals surface area contributed by atoms with E-state index in [2.05, 4.69) is 30.5 Å². The number of rotatable bonds is 1. The van der Waals surface area contributed by atoms with Crippen molar-refractivity contribution in [3.63, 3.8) is 0 Å². The molecule has 0 spiro atoms. The summed E-state index contributed by atoms with van der Waals surface area (Å²) in [6, 6.07) is 8.07. The van der Waals surface area contributed by atoms with Crippen molar-refractivity contribution in [1.29, 1.82) is 0 Å². The molecule has 0 nitrogen and oxygen atoms in total. The van der Waals surface area contributed by atoms with Crippen LogP contribution in [-0.2, 0) is 0 Å². The van der Waals surface area contributed by atoms with Gasteiger partial charge in [0.25, 0.3) is 0 Å². The monoisotopic (exact) mass is 242 g/mol. The number of hydrogen-bond donors (Lipinski definition) is 1. The fraction of sp³-hybridized carbons (Fsp3) is 0.375. The molecule has 0 amide bonds. The van der Waals surface area contributed by atoms with Crippen molar-refractivity contribution < 1.29 is 0 Å². The number of allylic oxidation sites excluding steroid dienone is 1. The maximum absolute atomic E-state index is 4.40. The molecular weight excluding hydrogens is 224 g/mol. The van der Waals surface area contributed by atoms with Crippen LogP contribution in [-0.4, -0.2) is 0 Å². The highest BCUT2D eigenvalue weighted by Crippen LogP contribution is 2.22. The first-order chi connectivity index (χ1) is 8.36. The SMILES string of the molecule is Sc1ccccc1/C=C\C#CC1CCCCC1. The van der Waals surface area contributed by atoms with E-state index >= 15 is 0 Å². The highest BCUT2D eigenvalue weighted by Gasteiger charge is 2.09. The lowest BCUT2D eigenvalue weighted by atomic mass is 9.90. The van der Waals surface area contributed by atoms with Crippen LogP contribution in [0.1, 0.15) is 37.7 Å². The molecule has 88 valence electrons. The second-order valence-electron chi connectivity index (χ2n) is 4.52. The molecule has 0 aromatic heterocycles. The first-order valence-corrected chi connectivity index (χ1v) is 6.76. The summed E-state index contributed by atoms with van der Waals surface area (Å²) in [7, 11) is 0. The molecule has 1 aromatic carbocycles. The molecule has 0 heterocycles. The fourth-order valence-electron chi connectivity index (χ4n) is 2.17. The summed E-state index contributed by atoms with van der Waals surface area (Å²) >= 11 is 4.40. The second-order valence-corrected chi connectivity index (χ2v) is 5.00. The van der Waals surface area contributed by atoms with Gasteiger partial charge in [-0.1, -0.05) is 49.3 Å². The van der Waals surface area contributed by atoms with Gasteiger partial charge in [-0.2, -0.15) is 0 Å². The molecule has 0 radical (unpaired) electrons. The highest BCUT2D eigenvalue weighted by atomic mass is 32.1. The van der Waals surface area contributed by atoms with E-state index in [1.807, 2.05) is 30.4 Å².